The number of ether oxygens (including phenoxy) is 1. The molecule has 4 nitrogen and oxygen atoms in total. The summed E-state index contributed by atoms with van der Waals surface area (Å²) in [4.78, 5) is 26.9. The van der Waals surface area contributed by atoms with E-state index in [0.717, 1.165) is 17.0 Å². The highest BCUT2D eigenvalue weighted by molar-refractivity contribution is 8.00. The maximum absolute atomic E-state index is 12.6. The van der Waals surface area contributed by atoms with Crippen molar-refractivity contribution in [3.05, 3.63) is 95.6 Å². The van der Waals surface area contributed by atoms with E-state index in [9.17, 15) is 9.59 Å². The molecule has 5 heteroatoms. The number of hydrogen-bond acceptors (Lipinski definition) is 4. The molecule has 1 heterocycles. The van der Waals surface area contributed by atoms with Gasteiger partial charge in [0.15, 0.2) is 5.78 Å². The van der Waals surface area contributed by atoms with Gasteiger partial charge in [0.1, 0.15) is 11.1 Å². The number of thioether (sulfide) groups is 1. The highest BCUT2D eigenvalue weighted by Gasteiger charge is 2.34. The standard InChI is InChI=1S/C23H19NO3S/c1-27-20-9-5-8-18(14-20)23-24(21(25)15-28-23)19-12-10-17(11-13-19)22(26)16-6-3-2-4-7-16/h2-14,23H,15H2,1H3. The van der Waals surface area contributed by atoms with Gasteiger partial charge in [-0.05, 0) is 42.0 Å². The zero-order valence-corrected chi connectivity index (χ0v) is 16.2. The summed E-state index contributed by atoms with van der Waals surface area (Å²) in [7, 11) is 1.63. The lowest BCUT2D eigenvalue weighted by Crippen LogP contribution is -2.27. The fourth-order valence-corrected chi connectivity index (χ4v) is 4.44. The van der Waals surface area contributed by atoms with Crippen LogP contribution in [0.4, 0.5) is 5.69 Å². The summed E-state index contributed by atoms with van der Waals surface area (Å²) in [5, 5.41) is -0.113. The number of carbonyl (C=O) groups excluding carboxylic acids is 2. The summed E-state index contributed by atoms with van der Waals surface area (Å²) < 4.78 is 5.32. The Morgan fingerprint density at radius 2 is 1.68 bits per heavy atom. The maximum Gasteiger partial charge on any atom is 0.238 e. The first kappa shape index (κ1) is 18.3. The monoisotopic (exact) mass is 389 g/mol. The molecule has 28 heavy (non-hydrogen) atoms. The van der Waals surface area contributed by atoms with Gasteiger partial charge in [-0.3, -0.25) is 14.5 Å². The van der Waals surface area contributed by atoms with Gasteiger partial charge >= 0.3 is 0 Å². The molecule has 1 aliphatic rings. The van der Waals surface area contributed by atoms with Crippen LogP contribution >= 0.6 is 11.8 Å². The number of anilines is 1. The van der Waals surface area contributed by atoms with Gasteiger partial charge in [0.25, 0.3) is 0 Å². The van der Waals surface area contributed by atoms with Crippen LogP contribution in [0.1, 0.15) is 26.9 Å². The van der Waals surface area contributed by atoms with E-state index in [2.05, 4.69) is 0 Å². The Morgan fingerprint density at radius 3 is 2.39 bits per heavy atom. The molecule has 0 N–H and O–H groups in total. The van der Waals surface area contributed by atoms with Crippen molar-refractivity contribution in [1.82, 2.24) is 0 Å². The zero-order chi connectivity index (χ0) is 19.5. The van der Waals surface area contributed by atoms with Crippen LogP contribution in [0.5, 0.6) is 5.75 Å². The molecule has 4 rings (SSSR count). The van der Waals surface area contributed by atoms with E-state index in [1.165, 1.54) is 0 Å². The van der Waals surface area contributed by atoms with E-state index in [0.29, 0.717) is 16.9 Å². The van der Waals surface area contributed by atoms with Gasteiger partial charge in [0, 0.05) is 16.8 Å². The lowest BCUT2D eigenvalue weighted by atomic mass is 10.0. The SMILES string of the molecule is COc1cccc(C2SCC(=O)N2c2ccc(C(=O)c3ccccc3)cc2)c1. The topological polar surface area (TPSA) is 46.6 Å². The molecule has 1 saturated heterocycles. The maximum atomic E-state index is 12.6. The highest BCUT2D eigenvalue weighted by Crippen LogP contribution is 2.42. The number of nitrogens with zero attached hydrogens (tertiary/aromatic N) is 1. The molecule has 0 aromatic heterocycles. The van der Waals surface area contributed by atoms with Crippen molar-refractivity contribution in [2.75, 3.05) is 17.8 Å². The van der Waals surface area contributed by atoms with Crippen molar-refractivity contribution in [2.24, 2.45) is 0 Å². The first-order chi connectivity index (χ1) is 13.7. The first-order valence-corrected chi connectivity index (χ1v) is 9.99. The van der Waals surface area contributed by atoms with Crippen LogP contribution in [-0.4, -0.2) is 24.6 Å². The van der Waals surface area contributed by atoms with Gasteiger partial charge in [-0.25, -0.2) is 0 Å². The average Bonchev–Trinajstić information content (AvgIpc) is 3.15. The molecular weight excluding hydrogens is 370 g/mol. The van der Waals surface area contributed by atoms with E-state index in [1.54, 1.807) is 48.0 Å². The Labute approximate surface area is 168 Å². The number of methoxy groups -OCH3 is 1. The van der Waals surface area contributed by atoms with Gasteiger partial charge in [-0.2, -0.15) is 0 Å². The summed E-state index contributed by atoms with van der Waals surface area (Å²) in [6.07, 6.45) is 0. The summed E-state index contributed by atoms with van der Waals surface area (Å²) in [6.45, 7) is 0. The molecule has 3 aromatic rings. The molecule has 0 spiro atoms. The van der Waals surface area contributed by atoms with Crippen LogP contribution in [-0.2, 0) is 4.79 Å². The van der Waals surface area contributed by atoms with Crippen LogP contribution in [0.15, 0.2) is 78.9 Å². The average molecular weight is 389 g/mol. The summed E-state index contributed by atoms with van der Waals surface area (Å²) >= 11 is 1.59. The number of benzene rings is 3. The fourth-order valence-electron chi connectivity index (χ4n) is 3.27. The Hall–Kier alpha value is -3.05. The van der Waals surface area contributed by atoms with E-state index < -0.39 is 0 Å². The lowest BCUT2D eigenvalue weighted by Gasteiger charge is -2.24. The van der Waals surface area contributed by atoms with Crippen LogP contribution in [0.2, 0.25) is 0 Å². The third-order valence-electron chi connectivity index (χ3n) is 4.69. The minimum atomic E-state index is -0.113. The number of rotatable bonds is 5. The van der Waals surface area contributed by atoms with Crippen LogP contribution in [0.3, 0.4) is 0 Å². The normalized spacial score (nSPS) is 16.2. The molecule has 1 atom stereocenters. The van der Waals surface area contributed by atoms with Crippen LogP contribution < -0.4 is 9.64 Å². The minimum absolute atomic E-state index is 0.0291. The van der Waals surface area contributed by atoms with Gasteiger partial charge in [0.2, 0.25) is 5.91 Å². The molecule has 1 unspecified atom stereocenters. The second-order valence-electron chi connectivity index (χ2n) is 6.45. The second-order valence-corrected chi connectivity index (χ2v) is 7.51. The molecule has 3 aromatic carbocycles. The van der Waals surface area contributed by atoms with Gasteiger partial charge in [0.05, 0.1) is 12.9 Å². The molecule has 1 amide bonds. The Kier molecular flexibility index (Phi) is 5.17. The van der Waals surface area contributed by atoms with E-state index in [-0.39, 0.29) is 17.1 Å². The third kappa shape index (κ3) is 3.53. The quantitative estimate of drug-likeness (QED) is 0.593. The first-order valence-electron chi connectivity index (χ1n) is 8.95. The van der Waals surface area contributed by atoms with Crippen molar-refractivity contribution >= 4 is 29.1 Å². The zero-order valence-electron chi connectivity index (χ0n) is 15.4. The number of amides is 1. The van der Waals surface area contributed by atoms with Gasteiger partial charge < -0.3 is 4.74 Å². The number of hydrogen-bond donors (Lipinski definition) is 0. The smallest absolute Gasteiger partial charge is 0.238 e. The van der Waals surface area contributed by atoms with Crippen LogP contribution in [0, 0.1) is 0 Å². The molecule has 0 saturated carbocycles. The van der Waals surface area contributed by atoms with E-state index >= 15 is 0 Å². The van der Waals surface area contributed by atoms with Crippen molar-refractivity contribution in [2.45, 2.75) is 5.37 Å². The van der Waals surface area contributed by atoms with Crippen LogP contribution in [0.25, 0.3) is 0 Å². The fraction of sp³-hybridized carbons (Fsp3) is 0.130. The van der Waals surface area contributed by atoms with Crippen molar-refractivity contribution in [3.63, 3.8) is 0 Å². The Morgan fingerprint density at radius 1 is 0.964 bits per heavy atom. The Balaban J connectivity index is 1.61. The summed E-state index contributed by atoms with van der Waals surface area (Å²) in [6, 6.07) is 24.2. The number of carbonyl (C=O) groups is 2. The lowest BCUT2D eigenvalue weighted by molar-refractivity contribution is -0.115. The predicted octanol–water partition coefficient (Wildman–Crippen LogP) is 4.70. The molecule has 0 aliphatic carbocycles. The predicted molar refractivity (Wildman–Crippen MR) is 112 cm³/mol. The molecule has 1 aliphatic heterocycles. The molecule has 0 radical (unpaired) electrons. The Bertz CT molecular complexity index is 1000. The van der Waals surface area contributed by atoms with Crippen molar-refractivity contribution in [3.8, 4) is 5.75 Å². The molecular formula is C23H19NO3S. The van der Waals surface area contributed by atoms with Gasteiger partial charge in [-0.1, -0.05) is 42.5 Å². The molecule has 1 fully saturated rings. The summed E-state index contributed by atoms with van der Waals surface area (Å²) in [5.74, 6) is 1.21. The minimum Gasteiger partial charge on any atom is -0.497 e. The van der Waals surface area contributed by atoms with Crippen molar-refractivity contribution in [1.29, 1.82) is 0 Å². The molecule has 140 valence electrons. The van der Waals surface area contributed by atoms with E-state index in [4.69, 9.17) is 4.74 Å². The highest BCUT2D eigenvalue weighted by atomic mass is 32.2. The molecule has 0 bridgehead atoms. The summed E-state index contributed by atoms with van der Waals surface area (Å²) in [5.41, 5.74) is 3.05. The number of ketones is 1. The largest absolute Gasteiger partial charge is 0.497 e. The van der Waals surface area contributed by atoms with Crippen molar-refractivity contribution < 1.29 is 14.3 Å². The third-order valence-corrected chi connectivity index (χ3v) is 5.90. The van der Waals surface area contributed by atoms with Gasteiger partial charge in [-0.15, -0.1) is 11.8 Å². The second kappa shape index (κ2) is 7.90. The van der Waals surface area contributed by atoms with E-state index in [1.807, 2.05) is 54.6 Å².